The monoisotopic (exact) mass is 337 g/mol. The van der Waals surface area contributed by atoms with Gasteiger partial charge in [-0.25, -0.2) is 8.42 Å². The number of anilines is 2. The molecule has 126 valence electrons. The Kier molecular flexibility index (Phi) is 4.59. The Balaban J connectivity index is 1.67. The first-order valence-electron chi connectivity index (χ1n) is 8.15. The van der Waals surface area contributed by atoms with Gasteiger partial charge in [-0.3, -0.25) is 4.79 Å². The smallest absolute Gasteiger partial charge is 0.224 e. The van der Waals surface area contributed by atoms with Gasteiger partial charge in [-0.15, -0.1) is 0 Å². The fourth-order valence-electron chi connectivity index (χ4n) is 3.18. The Bertz CT molecular complexity index is 695. The lowest BCUT2D eigenvalue weighted by molar-refractivity contribution is -0.116. The van der Waals surface area contributed by atoms with Gasteiger partial charge in [0.1, 0.15) is 0 Å². The number of carbonyl (C=O) groups is 1. The van der Waals surface area contributed by atoms with Crippen LogP contribution in [0, 0.1) is 0 Å². The van der Waals surface area contributed by atoms with Gasteiger partial charge >= 0.3 is 0 Å². The zero-order valence-corrected chi connectivity index (χ0v) is 14.2. The molecule has 0 unspecified atom stereocenters. The van der Waals surface area contributed by atoms with Crippen molar-refractivity contribution in [2.75, 3.05) is 42.1 Å². The highest BCUT2D eigenvalue weighted by Crippen LogP contribution is 2.28. The van der Waals surface area contributed by atoms with Crippen molar-refractivity contribution in [3.05, 3.63) is 23.8 Å². The highest BCUT2D eigenvalue weighted by molar-refractivity contribution is 7.89. The Morgan fingerprint density at radius 3 is 2.57 bits per heavy atom. The lowest BCUT2D eigenvalue weighted by Gasteiger charge is -2.35. The molecule has 1 amide bonds. The summed E-state index contributed by atoms with van der Waals surface area (Å²) in [6.45, 7) is 4.37. The van der Waals surface area contributed by atoms with Crippen LogP contribution in [0.4, 0.5) is 11.4 Å². The molecule has 0 aromatic heterocycles. The summed E-state index contributed by atoms with van der Waals surface area (Å²) in [5.41, 5.74) is 3.16. The van der Waals surface area contributed by atoms with E-state index in [1.165, 1.54) is 0 Å². The van der Waals surface area contributed by atoms with E-state index in [1.807, 2.05) is 19.1 Å². The molecule has 0 radical (unpaired) electrons. The van der Waals surface area contributed by atoms with Gasteiger partial charge in [-0.1, -0.05) is 6.92 Å². The third-order valence-electron chi connectivity index (χ3n) is 4.44. The van der Waals surface area contributed by atoms with Crippen molar-refractivity contribution in [2.45, 2.75) is 26.2 Å². The number of carbonyl (C=O) groups excluding carboxylic acids is 1. The molecule has 0 saturated carbocycles. The number of fused-ring (bicyclic) bond motifs is 1. The second-order valence-corrected chi connectivity index (χ2v) is 8.18. The lowest BCUT2D eigenvalue weighted by atomic mass is 10.0. The number of piperazine rings is 1. The molecule has 1 aromatic rings. The number of hydrogen-bond acceptors (Lipinski definition) is 4. The van der Waals surface area contributed by atoms with Crippen molar-refractivity contribution in [3.63, 3.8) is 0 Å². The molecule has 23 heavy (non-hydrogen) atoms. The molecule has 2 aliphatic rings. The Hall–Kier alpha value is -1.60. The number of nitrogens with one attached hydrogen (secondary N) is 1. The third-order valence-corrected chi connectivity index (χ3v) is 6.52. The van der Waals surface area contributed by atoms with Gasteiger partial charge in [-0.05, 0) is 36.6 Å². The van der Waals surface area contributed by atoms with Crippen LogP contribution in [0.1, 0.15) is 25.3 Å². The highest BCUT2D eigenvalue weighted by Gasteiger charge is 2.26. The summed E-state index contributed by atoms with van der Waals surface area (Å²) in [6, 6.07) is 6.06. The predicted molar refractivity (Wildman–Crippen MR) is 91.3 cm³/mol. The number of amides is 1. The quantitative estimate of drug-likeness (QED) is 0.902. The van der Waals surface area contributed by atoms with Crippen LogP contribution in [-0.4, -0.2) is 50.6 Å². The number of sulfonamides is 1. The number of hydrogen-bond donors (Lipinski definition) is 1. The second-order valence-electron chi connectivity index (χ2n) is 6.09. The molecule has 0 bridgehead atoms. The van der Waals surface area contributed by atoms with Crippen molar-refractivity contribution in [1.82, 2.24) is 4.31 Å². The molecule has 3 rings (SSSR count). The van der Waals surface area contributed by atoms with Gasteiger partial charge in [-0.2, -0.15) is 4.31 Å². The molecule has 0 spiro atoms. The van der Waals surface area contributed by atoms with Crippen LogP contribution in [0.5, 0.6) is 0 Å². The predicted octanol–water partition coefficient (Wildman–Crippen LogP) is 1.43. The van der Waals surface area contributed by atoms with Crippen molar-refractivity contribution in [2.24, 2.45) is 0 Å². The van der Waals surface area contributed by atoms with E-state index in [4.69, 9.17) is 0 Å². The zero-order valence-electron chi connectivity index (χ0n) is 13.4. The summed E-state index contributed by atoms with van der Waals surface area (Å²) < 4.78 is 25.8. The minimum atomic E-state index is -3.10. The third kappa shape index (κ3) is 3.50. The molecule has 7 heteroatoms. The van der Waals surface area contributed by atoms with Crippen molar-refractivity contribution < 1.29 is 13.2 Å². The average molecular weight is 337 g/mol. The molecule has 1 saturated heterocycles. The summed E-state index contributed by atoms with van der Waals surface area (Å²) in [5.74, 6) is 0.297. The summed E-state index contributed by atoms with van der Waals surface area (Å²) in [5, 5.41) is 2.89. The minimum absolute atomic E-state index is 0.0694. The van der Waals surface area contributed by atoms with Crippen molar-refractivity contribution in [3.8, 4) is 0 Å². The summed E-state index contributed by atoms with van der Waals surface area (Å²) in [7, 11) is -3.10. The molecule has 2 aliphatic heterocycles. The van der Waals surface area contributed by atoms with Crippen LogP contribution >= 0.6 is 0 Å². The normalized spacial score (nSPS) is 19.3. The summed E-state index contributed by atoms with van der Waals surface area (Å²) >= 11 is 0. The maximum atomic E-state index is 12.1. The van der Waals surface area contributed by atoms with E-state index in [1.54, 1.807) is 4.31 Å². The number of nitrogens with zero attached hydrogens (tertiary/aromatic N) is 2. The molecule has 1 aromatic carbocycles. The fourth-order valence-corrected chi connectivity index (χ4v) is 4.67. The zero-order chi connectivity index (χ0) is 16.4. The molecule has 6 nitrogen and oxygen atoms in total. The van der Waals surface area contributed by atoms with E-state index >= 15 is 0 Å². The van der Waals surface area contributed by atoms with Gasteiger partial charge in [0, 0.05) is 44.0 Å². The van der Waals surface area contributed by atoms with E-state index in [-0.39, 0.29) is 11.7 Å². The van der Waals surface area contributed by atoms with E-state index in [0.29, 0.717) is 39.0 Å². The van der Waals surface area contributed by atoms with E-state index in [0.717, 1.165) is 23.4 Å². The van der Waals surface area contributed by atoms with Crippen LogP contribution in [0.15, 0.2) is 18.2 Å². The number of benzene rings is 1. The fraction of sp³-hybridized carbons (Fsp3) is 0.562. The maximum absolute atomic E-state index is 12.1. The van der Waals surface area contributed by atoms with Crippen LogP contribution in [0.2, 0.25) is 0 Å². The second kappa shape index (κ2) is 6.49. The van der Waals surface area contributed by atoms with Gasteiger partial charge < -0.3 is 10.2 Å². The highest BCUT2D eigenvalue weighted by atomic mass is 32.2. The van der Waals surface area contributed by atoms with Crippen molar-refractivity contribution >= 4 is 27.3 Å². The molecular formula is C16H23N3O3S. The Labute approximate surface area is 137 Å². The van der Waals surface area contributed by atoms with Crippen LogP contribution in [0.25, 0.3) is 0 Å². The first-order valence-corrected chi connectivity index (χ1v) is 9.76. The molecule has 1 fully saturated rings. The first kappa shape index (κ1) is 16.3. The molecule has 2 heterocycles. The van der Waals surface area contributed by atoms with Gasteiger partial charge in [0.25, 0.3) is 0 Å². The van der Waals surface area contributed by atoms with Crippen LogP contribution in [-0.2, 0) is 21.2 Å². The Morgan fingerprint density at radius 2 is 1.87 bits per heavy atom. The topological polar surface area (TPSA) is 69.7 Å². The number of aryl methyl sites for hydroxylation is 1. The number of rotatable bonds is 4. The van der Waals surface area contributed by atoms with Gasteiger partial charge in [0.2, 0.25) is 15.9 Å². The van der Waals surface area contributed by atoms with E-state index in [9.17, 15) is 13.2 Å². The average Bonchev–Trinajstić information content (AvgIpc) is 2.54. The van der Waals surface area contributed by atoms with Gasteiger partial charge in [0.05, 0.1) is 5.75 Å². The standard InChI is InChI=1S/C16H23N3O3S/c1-2-11-23(21,22)19-9-7-18(8-10-19)14-4-5-15-13(12-14)3-6-16(20)17-15/h4-5,12H,2-3,6-11H2,1H3,(H,17,20). The first-order chi connectivity index (χ1) is 11.0. The molecule has 1 N–H and O–H groups in total. The minimum Gasteiger partial charge on any atom is -0.369 e. The van der Waals surface area contributed by atoms with E-state index < -0.39 is 10.0 Å². The molecular weight excluding hydrogens is 314 g/mol. The van der Waals surface area contributed by atoms with Crippen LogP contribution < -0.4 is 10.2 Å². The lowest BCUT2D eigenvalue weighted by Crippen LogP contribution is -2.49. The summed E-state index contributed by atoms with van der Waals surface area (Å²) in [6.07, 6.45) is 1.94. The SMILES string of the molecule is CCCS(=O)(=O)N1CCN(c2ccc3c(c2)CCC(=O)N3)CC1. The summed E-state index contributed by atoms with van der Waals surface area (Å²) in [4.78, 5) is 13.6. The van der Waals surface area contributed by atoms with Crippen LogP contribution in [0.3, 0.4) is 0 Å². The molecule has 0 aliphatic carbocycles. The molecule has 0 atom stereocenters. The van der Waals surface area contributed by atoms with Crippen molar-refractivity contribution in [1.29, 1.82) is 0 Å². The maximum Gasteiger partial charge on any atom is 0.224 e. The largest absolute Gasteiger partial charge is 0.369 e. The van der Waals surface area contributed by atoms with E-state index in [2.05, 4.69) is 16.3 Å². The van der Waals surface area contributed by atoms with Gasteiger partial charge in [0.15, 0.2) is 0 Å². The Morgan fingerprint density at radius 1 is 1.13 bits per heavy atom.